The largest absolute Gasteiger partial charge is 0.508 e. The van der Waals surface area contributed by atoms with Gasteiger partial charge < -0.3 is 14.6 Å². The molecular weight excluding hydrogens is 370 g/mol. The Morgan fingerprint density at radius 3 is 2.34 bits per heavy atom. The van der Waals surface area contributed by atoms with E-state index in [1.54, 1.807) is 12.1 Å². The lowest BCUT2D eigenvalue weighted by Gasteiger charge is -2.46. The standard InChI is InChI=1S/C23H27NO5/c1-3-10-24(11-4-2)19-14-16-13-17(25)12-15-6-5-7-18(22(15)16)23(19)28-20(26)8-9-21(27)29-23/h5-7,12-13,19,25H,3-4,8-11,14H2,1-2H3. The molecular formula is C23H27NO5. The second-order valence-corrected chi connectivity index (χ2v) is 7.88. The highest BCUT2D eigenvalue weighted by atomic mass is 16.7. The number of fused-ring (bicyclic) bond motifs is 1. The molecule has 1 atom stereocenters. The Bertz CT molecular complexity index is 930. The van der Waals surface area contributed by atoms with Crippen LogP contribution in [0.25, 0.3) is 10.8 Å². The number of rotatable bonds is 5. The molecule has 0 aromatic heterocycles. The number of hydrogen-bond acceptors (Lipinski definition) is 6. The Hall–Kier alpha value is -2.60. The molecule has 29 heavy (non-hydrogen) atoms. The highest BCUT2D eigenvalue weighted by molar-refractivity contribution is 5.93. The van der Waals surface area contributed by atoms with Gasteiger partial charge in [-0.05, 0) is 60.8 Å². The average Bonchev–Trinajstić information content (AvgIpc) is 2.83. The molecule has 1 heterocycles. The third-order valence-electron chi connectivity index (χ3n) is 5.80. The van der Waals surface area contributed by atoms with Crippen LogP contribution in [0.5, 0.6) is 5.75 Å². The molecule has 1 aliphatic heterocycles. The summed E-state index contributed by atoms with van der Waals surface area (Å²) in [6.45, 7) is 5.78. The molecule has 1 saturated heterocycles. The Labute approximate surface area is 170 Å². The summed E-state index contributed by atoms with van der Waals surface area (Å²) in [6.07, 6.45) is 2.40. The first-order chi connectivity index (χ1) is 14.0. The lowest BCUT2D eigenvalue weighted by atomic mass is 9.79. The summed E-state index contributed by atoms with van der Waals surface area (Å²) in [5.41, 5.74) is 1.65. The van der Waals surface area contributed by atoms with E-state index in [-0.39, 0.29) is 24.6 Å². The summed E-state index contributed by atoms with van der Waals surface area (Å²) in [6, 6.07) is 8.73. The van der Waals surface area contributed by atoms with E-state index >= 15 is 0 Å². The van der Waals surface area contributed by atoms with E-state index in [1.807, 2.05) is 18.2 Å². The molecule has 1 unspecified atom stereocenters. The minimum atomic E-state index is -1.47. The molecule has 2 aliphatic rings. The van der Waals surface area contributed by atoms with Gasteiger partial charge in [0.05, 0.1) is 18.9 Å². The average molecular weight is 397 g/mol. The first-order valence-corrected chi connectivity index (χ1v) is 10.4. The van der Waals surface area contributed by atoms with E-state index in [0.29, 0.717) is 12.0 Å². The summed E-state index contributed by atoms with van der Waals surface area (Å²) in [7, 11) is 0. The molecule has 0 bridgehead atoms. The van der Waals surface area contributed by atoms with Crippen LogP contribution < -0.4 is 0 Å². The normalized spacial score (nSPS) is 20.6. The number of nitrogens with zero attached hydrogens (tertiary/aromatic N) is 1. The van der Waals surface area contributed by atoms with Crippen molar-refractivity contribution in [2.24, 2.45) is 0 Å². The molecule has 0 radical (unpaired) electrons. The van der Waals surface area contributed by atoms with Gasteiger partial charge in [0.25, 0.3) is 5.79 Å². The Morgan fingerprint density at radius 1 is 1.07 bits per heavy atom. The van der Waals surface area contributed by atoms with E-state index in [1.165, 1.54) is 0 Å². The first-order valence-electron chi connectivity index (χ1n) is 10.4. The van der Waals surface area contributed by atoms with Gasteiger partial charge in [-0.1, -0.05) is 32.0 Å². The number of phenols is 1. The van der Waals surface area contributed by atoms with Crippen molar-refractivity contribution in [1.29, 1.82) is 0 Å². The van der Waals surface area contributed by atoms with Crippen molar-refractivity contribution in [2.45, 2.75) is 57.8 Å². The SMILES string of the molecule is CCCN(CCC)C1Cc2cc(O)cc3cccc(c23)C12OC(=O)CCC(=O)O2. The van der Waals surface area contributed by atoms with Gasteiger partial charge in [0, 0.05) is 5.56 Å². The van der Waals surface area contributed by atoms with Crippen molar-refractivity contribution in [1.82, 2.24) is 4.90 Å². The van der Waals surface area contributed by atoms with Gasteiger partial charge in [0.15, 0.2) is 0 Å². The summed E-state index contributed by atoms with van der Waals surface area (Å²) in [5.74, 6) is -2.12. The van der Waals surface area contributed by atoms with Gasteiger partial charge in [-0.2, -0.15) is 0 Å². The van der Waals surface area contributed by atoms with Gasteiger partial charge in [-0.25, -0.2) is 0 Å². The fourth-order valence-electron chi connectivity index (χ4n) is 4.75. The molecule has 1 spiro atoms. The molecule has 2 aromatic carbocycles. The number of hydrogen-bond donors (Lipinski definition) is 1. The molecule has 1 fully saturated rings. The molecule has 1 N–H and O–H groups in total. The lowest BCUT2D eigenvalue weighted by molar-refractivity contribution is -0.252. The summed E-state index contributed by atoms with van der Waals surface area (Å²) in [5, 5.41) is 12.0. The highest BCUT2D eigenvalue weighted by Crippen LogP contribution is 2.47. The molecule has 6 heteroatoms. The number of benzene rings is 2. The van der Waals surface area contributed by atoms with E-state index in [9.17, 15) is 14.7 Å². The molecule has 0 saturated carbocycles. The van der Waals surface area contributed by atoms with Crippen molar-refractivity contribution in [2.75, 3.05) is 13.1 Å². The summed E-state index contributed by atoms with van der Waals surface area (Å²) >= 11 is 0. The van der Waals surface area contributed by atoms with Crippen LogP contribution >= 0.6 is 0 Å². The van der Waals surface area contributed by atoms with E-state index in [0.717, 1.165) is 42.3 Å². The lowest BCUT2D eigenvalue weighted by Crippen LogP contribution is -2.57. The molecule has 1 aliphatic carbocycles. The maximum atomic E-state index is 12.6. The zero-order valence-electron chi connectivity index (χ0n) is 16.9. The van der Waals surface area contributed by atoms with E-state index in [2.05, 4.69) is 18.7 Å². The van der Waals surface area contributed by atoms with Gasteiger partial charge in [0.1, 0.15) is 5.75 Å². The third kappa shape index (κ3) is 3.35. The van der Waals surface area contributed by atoms with Crippen LogP contribution in [0, 0.1) is 0 Å². The van der Waals surface area contributed by atoms with E-state index in [4.69, 9.17) is 9.47 Å². The van der Waals surface area contributed by atoms with Crippen LogP contribution in [0.1, 0.15) is 50.7 Å². The predicted molar refractivity (Wildman–Crippen MR) is 108 cm³/mol. The minimum Gasteiger partial charge on any atom is -0.508 e. The van der Waals surface area contributed by atoms with Crippen LogP contribution in [0.15, 0.2) is 30.3 Å². The fraction of sp³-hybridized carbons (Fsp3) is 0.478. The zero-order chi connectivity index (χ0) is 20.6. The van der Waals surface area contributed by atoms with Gasteiger partial charge in [-0.15, -0.1) is 0 Å². The molecule has 0 amide bonds. The quantitative estimate of drug-likeness (QED) is 0.777. The number of esters is 2. The molecule has 6 nitrogen and oxygen atoms in total. The number of aromatic hydroxyl groups is 1. The second-order valence-electron chi connectivity index (χ2n) is 7.88. The van der Waals surface area contributed by atoms with Crippen LogP contribution in [-0.4, -0.2) is 41.1 Å². The highest BCUT2D eigenvalue weighted by Gasteiger charge is 2.55. The third-order valence-corrected chi connectivity index (χ3v) is 5.80. The van der Waals surface area contributed by atoms with Crippen molar-refractivity contribution in [3.8, 4) is 5.75 Å². The molecule has 154 valence electrons. The maximum Gasteiger partial charge on any atom is 0.309 e. The minimum absolute atomic E-state index is 0.0211. The van der Waals surface area contributed by atoms with E-state index < -0.39 is 17.7 Å². The van der Waals surface area contributed by atoms with Crippen LogP contribution in [-0.2, 0) is 31.3 Å². The molecule has 4 rings (SSSR count). The predicted octanol–water partition coefficient (Wildman–Crippen LogP) is 3.63. The van der Waals surface area contributed by atoms with Gasteiger partial charge in [0.2, 0.25) is 0 Å². The second kappa shape index (κ2) is 7.67. The zero-order valence-corrected chi connectivity index (χ0v) is 16.9. The number of ether oxygens (including phenoxy) is 2. The monoisotopic (exact) mass is 397 g/mol. The Kier molecular flexibility index (Phi) is 5.21. The summed E-state index contributed by atoms with van der Waals surface area (Å²) in [4.78, 5) is 27.4. The van der Waals surface area contributed by atoms with Crippen molar-refractivity contribution < 1.29 is 24.2 Å². The van der Waals surface area contributed by atoms with Crippen molar-refractivity contribution in [3.05, 3.63) is 41.5 Å². The van der Waals surface area contributed by atoms with Gasteiger partial charge >= 0.3 is 11.9 Å². The summed E-state index contributed by atoms with van der Waals surface area (Å²) < 4.78 is 12.0. The van der Waals surface area contributed by atoms with Crippen LogP contribution in [0.4, 0.5) is 0 Å². The van der Waals surface area contributed by atoms with Gasteiger partial charge in [-0.3, -0.25) is 14.5 Å². The first kappa shape index (κ1) is 19.7. The topological polar surface area (TPSA) is 76.1 Å². The van der Waals surface area contributed by atoms with Crippen LogP contribution in [0.2, 0.25) is 0 Å². The molecule has 2 aromatic rings. The fourth-order valence-corrected chi connectivity index (χ4v) is 4.75. The smallest absolute Gasteiger partial charge is 0.309 e. The Balaban J connectivity index is 1.98. The van der Waals surface area contributed by atoms with Crippen molar-refractivity contribution in [3.63, 3.8) is 0 Å². The maximum absolute atomic E-state index is 12.6. The van der Waals surface area contributed by atoms with Crippen LogP contribution in [0.3, 0.4) is 0 Å². The number of phenolic OH excluding ortho intramolecular Hbond substituents is 1. The van der Waals surface area contributed by atoms with Crippen molar-refractivity contribution >= 4 is 22.7 Å². The Morgan fingerprint density at radius 2 is 1.72 bits per heavy atom. The number of carbonyl (C=O) groups is 2. The number of carbonyl (C=O) groups excluding carboxylic acids is 2.